The molecule has 1 N–H and O–H groups in total. The lowest BCUT2D eigenvalue weighted by molar-refractivity contribution is -0.117. The number of carbonyl (C=O) groups excluding carboxylic acids is 1. The first-order valence-corrected chi connectivity index (χ1v) is 8.05. The highest BCUT2D eigenvalue weighted by Gasteiger charge is 2.30. The summed E-state index contributed by atoms with van der Waals surface area (Å²) in [5, 5.41) is 8.39. The van der Waals surface area contributed by atoms with Crippen LogP contribution in [0.4, 0.5) is 5.82 Å². The lowest BCUT2D eigenvalue weighted by atomic mass is 10.2. The van der Waals surface area contributed by atoms with Gasteiger partial charge in [0.05, 0.1) is 11.0 Å². The molecule has 1 amide bonds. The Balaban J connectivity index is 1.75. The number of amides is 1. The van der Waals surface area contributed by atoms with Crippen molar-refractivity contribution in [2.45, 2.75) is 19.4 Å². The summed E-state index contributed by atoms with van der Waals surface area (Å²) < 4.78 is 2.48. The molecule has 0 unspecified atom stereocenters. The number of benzene rings is 1. The minimum atomic E-state index is 0.0328. The molecule has 2 aromatic rings. The van der Waals surface area contributed by atoms with Crippen LogP contribution in [0.5, 0.6) is 0 Å². The van der Waals surface area contributed by atoms with Gasteiger partial charge in [0.1, 0.15) is 0 Å². The van der Waals surface area contributed by atoms with E-state index in [1.807, 2.05) is 12.3 Å². The van der Waals surface area contributed by atoms with Gasteiger partial charge in [-0.15, -0.1) is 0 Å². The standard InChI is InChI=1S/C14H12BrCl2N3O/c15-11-7-20(6-9-3-4-10(16)5-12(9)17)19-13(11)18-14(21)8-1-2-8/h3-5,7-8H,1-2,6H2,(H,18,19,21). The first kappa shape index (κ1) is 14.9. The molecule has 1 heterocycles. The quantitative estimate of drug-likeness (QED) is 0.846. The molecule has 0 bridgehead atoms. The molecular formula is C14H12BrCl2N3O. The lowest BCUT2D eigenvalue weighted by Crippen LogP contribution is -2.14. The maximum absolute atomic E-state index is 11.8. The first-order chi connectivity index (χ1) is 10.0. The van der Waals surface area contributed by atoms with Gasteiger partial charge in [-0.3, -0.25) is 9.48 Å². The molecule has 21 heavy (non-hydrogen) atoms. The van der Waals surface area contributed by atoms with Gasteiger partial charge in [-0.1, -0.05) is 29.3 Å². The Kier molecular flexibility index (Phi) is 4.24. The average Bonchev–Trinajstić information content (AvgIpc) is 3.20. The predicted octanol–water partition coefficient (Wildman–Crippen LogP) is 4.35. The van der Waals surface area contributed by atoms with E-state index in [1.54, 1.807) is 16.8 Å². The zero-order chi connectivity index (χ0) is 15.0. The van der Waals surface area contributed by atoms with Crippen molar-refractivity contribution >= 4 is 50.9 Å². The van der Waals surface area contributed by atoms with Crippen molar-refractivity contribution in [3.63, 3.8) is 0 Å². The molecule has 0 saturated heterocycles. The van der Waals surface area contributed by atoms with Crippen molar-refractivity contribution in [1.29, 1.82) is 0 Å². The Morgan fingerprint density at radius 2 is 2.19 bits per heavy atom. The van der Waals surface area contributed by atoms with Crippen LogP contribution in [-0.4, -0.2) is 15.7 Å². The Labute approximate surface area is 140 Å². The molecule has 1 aliphatic carbocycles. The van der Waals surface area contributed by atoms with Crippen LogP contribution in [-0.2, 0) is 11.3 Å². The van der Waals surface area contributed by atoms with E-state index in [1.165, 1.54) is 0 Å². The van der Waals surface area contributed by atoms with Gasteiger partial charge in [0, 0.05) is 22.2 Å². The van der Waals surface area contributed by atoms with Gasteiger partial charge in [0.25, 0.3) is 0 Å². The summed E-state index contributed by atoms with van der Waals surface area (Å²) in [4.78, 5) is 11.8. The van der Waals surface area contributed by atoms with Gasteiger partial charge in [0.2, 0.25) is 5.91 Å². The third kappa shape index (κ3) is 3.59. The van der Waals surface area contributed by atoms with Crippen molar-refractivity contribution in [3.8, 4) is 0 Å². The van der Waals surface area contributed by atoms with Crippen molar-refractivity contribution in [1.82, 2.24) is 9.78 Å². The molecule has 1 fully saturated rings. The van der Waals surface area contributed by atoms with E-state index in [-0.39, 0.29) is 11.8 Å². The number of anilines is 1. The topological polar surface area (TPSA) is 46.9 Å². The zero-order valence-corrected chi connectivity index (χ0v) is 14.0. The normalized spacial score (nSPS) is 14.2. The van der Waals surface area contributed by atoms with E-state index in [4.69, 9.17) is 23.2 Å². The van der Waals surface area contributed by atoms with Gasteiger partial charge in [-0.05, 0) is 46.5 Å². The second-order valence-electron chi connectivity index (χ2n) is 5.02. The van der Waals surface area contributed by atoms with Gasteiger partial charge in [-0.2, -0.15) is 5.10 Å². The highest BCUT2D eigenvalue weighted by atomic mass is 79.9. The third-order valence-corrected chi connectivity index (χ3v) is 4.42. The third-order valence-electron chi connectivity index (χ3n) is 3.25. The Hall–Kier alpha value is -1.04. The molecule has 0 radical (unpaired) electrons. The van der Waals surface area contributed by atoms with Crippen molar-refractivity contribution < 1.29 is 4.79 Å². The number of halogens is 3. The smallest absolute Gasteiger partial charge is 0.228 e. The van der Waals surface area contributed by atoms with Gasteiger partial charge in [-0.25, -0.2) is 0 Å². The Morgan fingerprint density at radius 1 is 1.43 bits per heavy atom. The summed E-state index contributed by atoms with van der Waals surface area (Å²) in [5.41, 5.74) is 0.913. The van der Waals surface area contributed by atoms with E-state index in [0.717, 1.165) is 22.9 Å². The SMILES string of the molecule is O=C(Nc1nn(Cc2ccc(Cl)cc2Cl)cc1Br)C1CC1. The summed E-state index contributed by atoms with van der Waals surface area (Å²) in [7, 11) is 0. The van der Waals surface area contributed by atoms with Crippen LogP contribution < -0.4 is 5.32 Å². The van der Waals surface area contributed by atoms with E-state index in [0.29, 0.717) is 22.4 Å². The maximum Gasteiger partial charge on any atom is 0.228 e. The Morgan fingerprint density at radius 3 is 2.86 bits per heavy atom. The molecule has 1 aromatic heterocycles. The van der Waals surface area contributed by atoms with Crippen molar-refractivity contribution in [3.05, 3.63) is 44.5 Å². The van der Waals surface area contributed by atoms with Crippen LogP contribution in [0.15, 0.2) is 28.9 Å². The van der Waals surface area contributed by atoms with E-state index < -0.39 is 0 Å². The predicted molar refractivity (Wildman–Crippen MR) is 86.8 cm³/mol. The average molecular weight is 389 g/mol. The van der Waals surface area contributed by atoms with Crippen molar-refractivity contribution in [2.24, 2.45) is 5.92 Å². The fourth-order valence-electron chi connectivity index (χ4n) is 1.95. The molecule has 1 aliphatic rings. The van der Waals surface area contributed by atoms with Crippen LogP contribution >= 0.6 is 39.1 Å². The number of carbonyl (C=O) groups is 1. The number of rotatable bonds is 4. The highest BCUT2D eigenvalue weighted by Crippen LogP contribution is 2.31. The van der Waals surface area contributed by atoms with E-state index in [2.05, 4.69) is 26.3 Å². The van der Waals surface area contributed by atoms with Crippen LogP contribution in [0.1, 0.15) is 18.4 Å². The number of hydrogen-bond donors (Lipinski definition) is 1. The van der Waals surface area contributed by atoms with Crippen LogP contribution in [0, 0.1) is 5.92 Å². The molecule has 1 aromatic carbocycles. The minimum absolute atomic E-state index is 0.0328. The molecule has 4 nitrogen and oxygen atoms in total. The van der Waals surface area contributed by atoms with Crippen LogP contribution in [0.2, 0.25) is 10.0 Å². The lowest BCUT2D eigenvalue weighted by Gasteiger charge is -2.05. The molecule has 7 heteroatoms. The highest BCUT2D eigenvalue weighted by molar-refractivity contribution is 9.10. The van der Waals surface area contributed by atoms with Gasteiger partial charge in [0.15, 0.2) is 5.82 Å². The van der Waals surface area contributed by atoms with Crippen LogP contribution in [0.25, 0.3) is 0 Å². The summed E-state index contributed by atoms with van der Waals surface area (Å²) >= 11 is 15.4. The van der Waals surface area contributed by atoms with Crippen molar-refractivity contribution in [2.75, 3.05) is 5.32 Å². The van der Waals surface area contributed by atoms with E-state index in [9.17, 15) is 4.79 Å². The second-order valence-corrected chi connectivity index (χ2v) is 6.72. The number of nitrogens with one attached hydrogen (secondary N) is 1. The number of hydrogen-bond acceptors (Lipinski definition) is 2. The molecule has 3 rings (SSSR count). The van der Waals surface area contributed by atoms with Crippen LogP contribution in [0.3, 0.4) is 0 Å². The summed E-state index contributed by atoms with van der Waals surface area (Å²) in [6, 6.07) is 5.35. The zero-order valence-electron chi connectivity index (χ0n) is 10.9. The van der Waals surface area contributed by atoms with E-state index >= 15 is 0 Å². The number of nitrogens with zero attached hydrogens (tertiary/aromatic N) is 2. The fraction of sp³-hybridized carbons (Fsp3) is 0.286. The second kappa shape index (κ2) is 5.99. The largest absolute Gasteiger partial charge is 0.308 e. The molecule has 1 saturated carbocycles. The fourth-order valence-corrected chi connectivity index (χ4v) is 2.83. The molecule has 0 spiro atoms. The monoisotopic (exact) mass is 387 g/mol. The maximum atomic E-state index is 11.8. The molecule has 0 atom stereocenters. The summed E-state index contributed by atoms with van der Waals surface area (Å²) in [5.74, 6) is 0.718. The first-order valence-electron chi connectivity index (χ1n) is 6.50. The Bertz CT molecular complexity index is 698. The minimum Gasteiger partial charge on any atom is -0.308 e. The summed E-state index contributed by atoms with van der Waals surface area (Å²) in [6.07, 6.45) is 3.74. The van der Waals surface area contributed by atoms with Gasteiger partial charge < -0.3 is 5.32 Å². The molecular weight excluding hydrogens is 377 g/mol. The molecule has 110 valence electrons. The summed E-state index contributed by atoms with van der Waals surface area (Å²) in [6.45, 7) is 0.508. The molecule has 0 aliphatic heterocycles. The number of aromatic nitrogens is 2. The van der Waals surface area contributed by atoms with Gasteiger partial charge >= 0.3 is 0 Å².